The van der Waals surface area contributed by atoms with Crippen molar-refractivity contribution >= 4 is 23.5 Å². The lowest BCUT2D eigenvalue weighted by Crippen LogP contribution is -2.73. The maximum Gasteiger partial charge on any atom is 0.334 e. The lowest BCUT2D eigenvalue weighted by molar-refractivity contribution is -0.180. The molecule has 2 fully saturated rings. The summed E-state index contributed by atoms with van der Waals surface area (Å²) in [5, 5.41) is 18.1. The number of fused-ring (bicyclic) bond motifs is 1. The van der Waals surface area contributed by atoms with Crippen LogP contribution in [0.15, 0.2) is 91.5 Å². The van der Waals surface area contributed by atoms with Crippen molar-refractivity contribution in [1.82, 2.24) is 25.1 Å². The highest BCUT2D eigenvalue weighted by Crippen LogP contribution is 2.24. The quantitative estimate of drug-likeness (QED) is 0.375. The van der Waals surface area contributed by atoms with Crippen molar-refractivity contribution < 1.29 is 19.5 Å². The third kappa shape index (κ3) is 7.67. The van der Waals surface area contributed by atoms with Gasteiger partial charge >= 0.3 is 6.03 Å². The number of aryl methyl sites for hydroxylation is 1. The second-order valence-corrected chi connectivity index (χ2v) is 10.2. The molecule has 3 N–H and O–H groups in total. The summed E-state index contributed by atoms with van der Waals surface area (Å²) < 4.78 is 0. The van der Waals surface area contributed by atoms with E-state index in [9.17, 15) is 14.4 Å². The first kappa shape index (κ1) is 30.1. The number of anilines is 1. The molecule has 0 aliphatic carbocycles. The first-order chi connectivity index (χ1) is 20.3. The standard InChI is InChI=1S/C25H30N6O3.C7H8O/c1-3-12-29-17-24(33)30-18-23(32)28(15-20-10-7-11-21(13-20)26-2)16-22(30)31(29)25(34)27-14-19-8-5-4-6-9-19;1-6-2-4-7(8)5-3-6/h3-11,13,22,26H,1,12,14-18H2,2H3,(H,27,34);2-5,8H,1H3. The highest BCUT2D eigenvalue weighted by molar-refractivity contribution is 5.89. The van der Waals surface area contributed by atoms with Gasteiger partial charge in [-0.15, -0.1) is 6.58 Å². The molecule has 4 amide bonds. The van der Waals surface area contributed by atoms with Crippen LogP contribution in [0, 0.1) is 6.92 Å². The van der Waals surface area contributed by atoms with Crippen LogP contribution in [0.5, 0.6) is 5.75 Å². The average molecular weight is 571 g/mol. The van der Waals surface area contributed by atoms with Gasteiger partial charge in [0.2, 0.25) is 11.8 Å². The molecule has 5 rings (SSSR count). The summed E-state index contributed by atoms with van der Waals surface area (Å²) in [6.07, 6.45) is 1.07. The number of hydrogen-bond acceptors (Lipinski definition) is 6. The minimum absolute atomic E-state index is 0.0127. The van der Waals surface area contributed by atoms with E-state index in [1.807, 2.05) is 80.7 Å². The lowest BCUT2D eigenvalue weighted by Gasteiger charge is -2.52. The van der Waals surface area contributed by atoms with Crippen LogP contribution >= 0.6 is 0 Å². The van der Waals surface area contributed by atoms with E-state index < -0.39 is 6.17 Å². The molecule has 2 aliphatic rings. The van der Waals surface area contributed by atoms with Gasteiger partial charge in [-0.05, 0) is 42.3 Å². The summed E-state index contributed by atoms with van der Waals surface area (Å²) in [5.74, 6) is 0.0148. The first-order valence-corrected chi connectivity index (χ1v) is 13.9. The van der Waals surface area contributed by atoms with Crippen LogP contribution in [0.4, 0.5) is 10.5 Å². The van der Waals surface area contributed by atoms with Crippen LogP contribution in [0.3, 0.4) is 0 Å². The Labute approximate surface area is 246 Å². The van der Waals surface area contributed by atoms with Crippen molar-refractivity contribution in [2.45, 2.75) is 26.2 Å². The molecular weight excluding hydrogens is 532 g/mol. The number of aromatic hydroxyl groups is 1. The Morgan fingerprint density at radius 1 is 0.976 bits per heavy atom. The maximum absolute atomic E-state index is 13.3. The van der Waals surface area contributed by atoms with Crippen molar-refractivity contribution in [3.05, 3.63) is 108 Å². The van der Waals surface area contributed by atoms with E-state index in [0.717, 1.165) is 16.8 Å². The molecule has 220 valence electrons. The van der Waals surface area contributed by atoms with E-state index in [2.05, 4.69) is 17.2 Å². The SMILES string of the molecule is C=CCN1CC(=O)N2CC(=O)N(Cc3cccc(NC)c3)CC2N1C(=O)NCc1ccccc1.Cc1ccc(O)cc1. The average Bonchev–Trinajstić information content (AvgIpc) is 2.99. The van der Waals surface area contributed by atoms with Crippen molar-refractivity contribution in [2.75, 3.05) is 38.5 Å². The number of phenolic OH excluding ortho intramolecular Hbond substituents is 1. The molecule has 0 spiro atoms. The van der Waals surface area contributed by atoms with Crippen molar-refractivity contribution in [1.29, 1.82) is 0 Å². The van der Waals surface area contributed by atoms with E-state index in [4.69, 9.17) is 5.11 Å². The topological polar surface area (TPSA) is 108 Å². The molecule has 2 heterocycles. The zero-order valence-electron chi connectivity index (χ0n) is 24.1. The summed E-state index contributed by atoms with van der Waals surface area (Å²) in [5.41, 5.74) is 4.07. The number of urea groups is 1. The number of nitrogens with one attached hydrogen (secondary N) is 2. The van der Waals surface area contributed by atoms with Gasteiger partial charge in [0.15, 0.2) is 0 Å². The van der Waals surface area contributed by atoms with Gasteiger partial charge in [-0.2, -0.15) is 0 Å². The summed E-state index contributed by atoms with van der Waals surface area (Å²) >= 11 is 0. The Kier molecular flexibility index (Phi) is 10.2. The zero-order valence-corrected chi connectivity index (χ0v) is 24.1. The molecule has 1 unspecified atom stereocenters. The van der Waals surface area contributed by atoms with Crippen LogP contribution < -0.4 is 10.6 Å². The third-order valence-electron chi connectivity index (χ3n) is 7.08. The number of hydrogen-bond donors (Lipinski definition) is 3. The smallest absolute Gasteiger partial charge is 0.334 e. The number of carbonyl (C=O) groups excluding carboxylic acids is 3. The van der Waals surface area contributed by atoms with Gasteiger partial charge in [0.25, 0.3) is 0 Å². The van der Waals surface area contributed by atoms with E-state index >= 15 is 0 Å². The minimum Gasteiger partial charge on any atom is -0.508 e. The number of carbonyl (C=O) groups is 3. The predicted molar refractivity (Wildman–Crippen MR) is 162 cm³/mol. The van der Waals surface area contributed by atoms with Gasteiger partial charge in [0.05, 0.1) is 13.1 Å². The molecule has 0 radical (unpaired) electrons. The highest BCUT2D eigenvalue weighted by atomic mass is 16.3. The van der Waals surface area contributed by atoms with Crippen LogP contribution in [0.2, 0.25) is 0 Å². The summed E-state index contributed by atoms with van der Waals surface area (Å²) in [4.78, 5) is 42.3. The van der Waals surface area contributed by atoms with Gasteiger partial charge in [0.1, 0.15) is 18.5 Å². The molecule has 2 saturated heterocycles. The number of amides is 4. The molecule has 0 bridgehead atoms. The number of benzene rings is 3. The molecule has 0 saturated carbocycles. The van der Waals surface area contributed by atoms with Crippen molar-refractivity contribution in [3.8, 4) is 5.75 Å². The number of piperazine rings is 1. The Hall–Kier alpha value is -4.83. The number of nitrogens with zero attached hydrogens (tertiary/aromatic N) is 4. The third-order valence-corrected chi connectivity index (χ3v) is 7.08. The van der Waals surface area contributed by atoms with Gasteiger partial charge in [0, 0.05) is 32.4 Å². The fraction of sp³-hybridized carbons (Fsp3) is 0.281. The number of rotatable bonds is 7. The second-order valence-electron chi connectivity index (χ2n) is 10.2. The predicted octanol–water partition coefficient (Wildman–Crippen LogP) is 3.55. The van der Waals surface area contributed by atoms with E-state index in [-0.39, 0.29) is 37.5 Å². The Morgan fingerprint density at radius 2 is 1.69 bits per heavy atom. The Bertz CT molecular complexity index is 1360. The fourth-order valence-electron chi connectivity index (χ4n) is 4.89. The van der Waals surface area contributed by atoms with E-state index in [0.29, 0.717) is 25.4 Å². The Morgan fingerprint density at radius 3 is 2.36 bits per heavy atom. The van der Waals surface area contributed by atoms with Gasteiger partial charge in [-0.3, -0.25) is 9.59 Å². The molecule has 2 aliphatic heterocycles. The largest absolute Gasteiger partial charge is 0.508 e. The van der Waals surface area contributed by atoms with Crippen LogP contribution in [-0.4, -0.2) is 82.2 Å². The number of phenols is 1. The maximum atomic E-state index is 13.3. The minimum atomic E-state index is -0.595. The first-order valence-electron chi connectivity index (χ1n) is 13.9. The zero-order chi connectivity index (χ0) is 30.1. The summed E-state index contributed by atoms with van der Waals surface area (Å²) in [7, 11) is 1.84. The monoisotopic (exact) mass is 570 g/mol. The molecule has 1 atom stereocenters. The molecular formula is C32H38N6O4. The van der Waals surface area contributed by atoms with Gasteiger partial charge < -0.3 is 25.5 Å². The summed E-state index contributed by atoms with van der Waals surface area (Å²) in [6, 6.07) is 24.2. The van der Waals surface area contributed by atoms with Crippen LogP contribution in [-0.2, 0) is 22.7 Å². The van der Waals surface area contributed by atoms with Gasteiger partial charge in [-0.1, -0.05) is 66.2 Å². The highest BCUT2D eigenvalue weighted by Gasteiger charge is 2.46. The van der Waals surface area contributed by atoms with E-state index in [1.54, 1.807) is 33.1 Å². The molecule has 42 heavy (non-hydrogen) atoms. The molecule has 3 aromatic rings. The second kappa shape index (κ2) is 14.2. The molecule has 10 nitrogen and oxygen atoms in total. The lowest BCUT2D eigenvalue weighted by atomic mass is 10.1. The van der Waals surface area contributed by atoms with Gasteiger partial charge in [-0.25, -0.2) is 14.8 Å². The Balaban J connectivity index is 0.000000437. The number of hydrazine groups is 1. The van der Waals surface area contributed by atoms with Crippen LogP contribution in [0.1, 0.15) is 16.7 Å². The summed E-state index contributed by atoms with van der Waals surface area (Å²) in [6.45, 7) is 7.04. The van der Waals surface area contributed by atoms with Crippen LogP contribution in [0.25, 0.3) is 0 Å². The van der Waals surface area contributed by atoms with Crippen molar-refractivity contribution in [2.24, 2.45) is 0 Å². The molecule has 0 aromatic heterocycles. The molecule has 3 aromatic carbocycles. The van der Waals surface area contributed by atoms with Crippen molar-refractivity contribution in [3.63, 3.8) is 0 Å². The molecule has 10 heteroatoms. The fourth-order valence-corrected chi connectivity index (χ4v) is 4.89. The normalized spacial score (nSPS) is 16.7. The van der Waals surface area contributed by atoms with E-state index in [1.165, 1.54) is 10.5 Å².